The second kappa shape index (κ2) is 6.88. The van der Waals surface area contributed by atoms with Gasteiger partial charge >= 0.3 is 0 Å². The van der Waals surface area contributed by atoms with Crippen LogP contribution in [0, 0.1) is 31.6 Å². The van der Waals surface area contributed by atoms with E-state index >= 15 is 0 Å². The third-order valence-corrected chi connectivity index (χ3v) is 4.47. The van der Waals surface area contributed by atoms with Crippen molar-refractivity contribution in [3.63, 3.8) is 0 Å². The number of nitrogens with zero attached hydrogens (tertiary/aromatic N) is 1. The van der Waals surface area contributed by atoms with E-state index in [0.29, 0.717) is 12.0 Å². The molecule has 0 atom stereocenters. The van der Waals surface area contributed by atoms with Gasteiger partial charge in [0.05, 0.1) is 6.26 Å². The number of aromatic amines is 1. The van der Waals surface area contributed by atoms with Gasteiger partial charge < -0.3 is 4.98 Å². The van der Waals surface area contributed by atoms with Crippen LogP contribution in [0.1, 0.15) is 22.5 Å². The Morgan fingerprint density at radius 2 is 1.87 bits per heavy atom. The van der Waals surface area contributed by atoms with Crippen molar-refractivity contribution in [1.29, 1.82) is 0 Å². The van der Waals surface area contributed by atoms with E-state index in [1.807, 2.05) is 19.9 Å². The Morgan fingerprint density at radius 1 is 1.22 bits per heavy atom. The van der Waals surface area contributed by atoms with Crippen molar-refractivity contribution in [3.05, 3.63) is 58.7 Å². The fourth-order valence-corrected chi connectivity index (χ4v) is 2.86. The molecule has 0 bridgehead atoms. The predicted octanol–water partition coefficient (Wildman–Crippen LogP) is 2.58. The molecule has 0 fully saturated rings. The highest BCUT2D eigenvalue weighted by Crippen LogP contribution is 2.11. The number of aryl methyl sites for hydroxylation is 2. The number of sulfonamides is 1. The number of rotatable bonds is 4. The van der Waals surface area contributed by atoms with Crippen molar-refractivity contribution in [1.82, 2.24) is 9.29 Å². The van der Waals surface area contributed by atoms with Gasteiger partial charge in [0.1, 0.15) is 5.82 Å². The van der Waals surface area contributed by atoms with Gasteiger partial charge in [-0.1, -0.05) is 0 Å². The van der Waals surface area contributed by atoms with E-state index in [-0.39, 0.29) is 12.4 Å². The number of hydrogen-bond acceptors (Lipinski definition) is 2. The van der Waals surface area contributed by atoms with E-state index in [9.17, 15) is 12.8 Å². The summed E-state index contributed by atoms with van der Waals surface area (Å²) in [6, 6.07) is 10.3. The zero-order chi connectivity index (χ0) is 17.0. The number of benzene rings is 1. The first kappa shape index (κ1) is 17.1. The molecule has 1 heterocycles. The normalized spacial score (nSPS) is 11.0. The number of H-pyrrole nitrogens is 1. The van der Waals surface area contributed by atoms with Gasteiger partial charge in [-0.25, -0.2) is 17.1 Å². The number of aromatic nitrogens is 1. The average Bonchev–Trinajstić information content (AvgIpc) is 2.77. The lowest BCUT2D eigenvalue weighted by molar-refractivity contribution is 0.517. The summed E-state index contributed by atoms with van der Waals surface area (Å²) in [4.78, 5) is 3.22. The molecule has 2 rings (SSSR count). The lowest BCUT2D eigenvalue weighted by Crippen LogP contribution is -2.27. The van der Waals surface area contributed by atoms with Crippen LogP contribution in [0.4, 0.5) is 4.39 Å². The van der Waals surface area contributed by atoms with Gasteiger partial charge in [0.25, 0.3) is 0 Å². The first-order valence-electron chi connectivity index (χ1n) is 7.16. The Bertz CT molecular complexity index is 843. The first-order valence-corrected chi connectivity index (χ1v) is 9.00. The Morgan fingerprint density at radius 3 is 2.39 bits per heavy atom. The highest BCUT2D eigenvalue weighted by Gasteiger charge is 2.13. The molecule has 0 amide bonds. The topological polar surface area (TPSA) is 53.2 Å². The van der Waals surface area contributed by atoms with E-state index in [0.717, 1.165) is 27.5 Å². The third kappa shape index (κ3) is 4.86. The van der Waals surface area contributed by atoms with Gasteiger partial charge in [-0.3, -0.25) is 0 Å². The van der Waals surface area contributed by atoms with E-state index in [4.69, 9.17) is 0 Å². The maximum absolute atomic E-state index is 12.9. The summed E-state index contributed by atoms with van der Waals surface area (Å²) in [7, 11) is -3.45. The number of halogens is 1. The van der Waals surface area contributed by atoms with Crippen molar-refractivity contribution < 1.29 is 12.8 Å². The largest absolute Gasteiger partial charge is 0.362 e. The third-order valence-electron chi connectivity index (χ3n) is 3.39. The highest BCUT2D eigenvalue weighted by atomic mass is 32.2. The molecule has 2 aromatic rings. The summed E-state index contributed by atoms with van der Waals surface area (Å²) >= 11 is 0. The molecule has 0 unspecified atom stereocenters. The molecule has 4 nitrogen and oxygen atoms in total. The summed E-state index contributed by atoms with van der Waals surface area (Å²) in [6.07, 6.45) is 1.67. The molecular formula is C17H19FN2O2S. The second-order valence-corrected chi connectivity index (χ2v) is 7.35. The highest BCUT2D eigenvalue weighted by molar-refractivity contribution is 7.88. The zero-order valence-electron chi connectivity index (χ0n) is 13.4. The molecular weight excluding hydrogens is 315 g/mol. The summed E-state index contributed by atoms with van der Waals surface area (Å²) in [5, 5.41) is 0. The van der Waals surface area contributed by atoms with Gasteiger partial charge in [-0.15, -0.1) is 0 Å². The molecule has 0 aliphatic carbocycles. The van der Waals surface area contributed by atoms with Crippen molar-refractivity contribution >= 4 is 10.0 Å². The van der Waals surface area contributed by atoms with Crippen LogP contribution in [0.25, 0.3) is 0 Å². The zero-order valence-corrected chi connectivity index (χ0v) is 14.2. The number of hydrogen-bond donors (Lipinski definition) is 1. The standard InChI is InChI=1S/C17H19FN2O2S/c1-13-12-14(2)19-17(13)9-11-20(23(3,21)22)10-8-15-4-6-16(18)7-5-15/h4-7,12,19H,9,11H2,1-3H3. The molecule has 1 aromatic heterocycles. The summed E-state index contributed by atoms with van der Waals surface area (Å²) in [5.41, 5.74) is 3.70. The van der Waals surface area contributed by atoms with Crippen LogP contribution in [0.5, 0.6) is 0 Å². The Kier molecular flexibility index (Phi) is 5.12. The van der Waals surface area contributed by atoms with Gasteiger partial charge in [0.2, 0.25) is 10.0 Å². The minimum atomic E-state index is -3.45. The van der Waals surface area contributed by atoms with E-state index in [2.05, 4.69) is 16.9 Å². The molecule has 0 aliphatic heterocycles. The Balaban J connectivity index is 2.15. The molecule has 6 heteroatoms. The molecule has 0 saturated carbocycles. The maximum atomic E-state index is 12.9. The van der Waals surface area contributed by atoms with Crippen molar-refractivity contribution in [3.8, 4) is 12.0 Å². The van der Waals surface area contributed by atoms with Crippen LogP contribution in [-0.4, -0.2) is 30.5 Å². The van der Waals surface area contributed by atoms with Crippen molar-refractivity contribution in [2.45, 2.75) is 20.3 Å². The SMILES string of the molecule is Cc1cc(C)c(CCN(C#Cc2ccc(F)cc2)S(C)(=O)=O)[nH]1. The Labute approximate surface area is 136 Å². The van der Waals surface area contributed by atoms with Crippen LogP contribution in [0.3, 0.4) is 0 Å². The lowest BCUT2D eigenvalue weighted by Gasteiger charge is -2.14. The summed E-state index contributed by atoms with van der Waals surface area (Å²) in [5.74, 6) is 2.40. The van der Waals surface area contributed by atoms with Crippen molar-refractivity contribution in [2.75, 3.05) is 12.8 Å². The average molecular weight is 334 g/mol. The van der Waals surface area contributed by atoms with E-state index in [1.54, 1.807) is 0 Å². The lowest BCUT2D eigenvalue weighted by atomic mass is 10.2. The molecule has 1 N–H and O–H groups in total. The molecule has 0 aliphatic rings. The fraction of sp³-hybridized carbons (Fsp3) is 0.294. The van der Waals surface area contributed by atoms with Gasteiger partial charge in [0.15, 0.2) is 0 Å². The Hall–Kier alpha value is -2.26. The van der Waals surface area contributed by atoms with Crippen LogP contribution < -0.4 is 0 Å². The smallest absolute Gasteiger partial charge is 0.238 e. The van der Waals surface area contributed by atoms with Crippen LogP contribution in [0.15, 0.2) is 30.3 Å². The first-order chi connectivity index (χ1) is 10.8. The molecule has 0 spiro atoms. The van der Waals surface area contributed by atoms with Crippen molar-refractivity contribution in [2.24, 2.45) is 0 Å². The molecule has 122 valence electrons. The number of nitrogens with one attached hydrogen (secondary N) is 1. The van der Waals surface area contributed by atoms with Gasteiger partial charge in [-0.05, 0) is 55.7 Å². The quantitative estimate of drug-likeness (QED) is 0.690. The monoisotopic (exact) mass is 334 g/mol. The van der Waals surface area contributed by atoms with Crippen LogP contribution >= 0.6 is 0 Å². The van der Waals surface area contributed by atoms with E-state index < -0.39 is 10.0 Å². The van der Waals surface area contributed by atoms with Crippen LogP contribution in [-0.2, 0) is 16.4 Å². The molecule has 0 radical (unpaired) electrons. The second-order valence-electron chi connectivity index (χ2n) is 5.44. The minimum Gasteiger partial charge on any atom is -0.362 e. The van der Waals surface area contributed by atoms with Gasteiger partial charge in [-0.2, -0.15) is 0 Å². The maximum Gasteiger partial charge on any atom is 0.238 e. The van der Waals surface area contributed by atoms with E-state index in [1.165, 1.54) is 24.3 Å². The molecule has 23 heavy (non-hydrogen) atoms. The van der Waals surface area contributed by atoms with Gasteiger partial charge in [0, 0.05) is 36.0 Å². The minimum absolute atomic E-state index is 0.258. The predicted molar refractivity (Wildman–Crippen MR) is 88.8 cm³/mol. The van der Waals surface area contributed by atoms with Crippen LogP contribution in [0.2, 0.25) is 0 Å². The molecule has 1 aromatic carbocycles. The summed E-state index contributed by atoms with van der Waals surface area (Å²) in [6.45, 7) is 4.20. The summed E-state index contributed by atoms with van der Waals surface area (Å²) < 4.78 is 37.7. The molecule has 0 saturated heterocycles. The fourth-order valence-electron chi connectivity index (χ4n) is 2.22.